The van der Waals surface area contributed by atoms with E-state index in [2.05, 4.69) is 55.0 Å². The first-order chi connectivity index (χ1) is 10.1. The van der Waals surface area contributed by atoms with Gasteiger partial charge in [-0.05, 0) is 31.9 Å². The number of hydrogen-bond acceptors (Lipinski definition) is 3. The molecule has 0 saturated heterocycles. The molecule has 0 aliphatic rings. The second-order valence-electron chi connectivity index (χ2n) is 5.40. The van der Waals surface area contributed by atoms with Crippen LogP contribution in [0.5, 0.6) is 0 Å². The molecular weight excluding hydrogens is 262 g/mol. The largest absolute Gasteiger partial charge is 0.383 e. The third-order valence-corrected chi connectivity index (χ3v) is 3.90. The molecule has 1 aromatic carbocycles. The van der Waals surface area contributed by atoms with Crippen molar-refractivity contribution >= 4 is 0 Å². The summed E-state index contributed by atoms with van der Waals surface area (Å²) in [6, 6.07) is 8.48. The van der Waals surface area contributed by atoms with E-state index in [-0.39, 0.29) is 0 Å². The van der Waals surface area contributed by atoms with Crippen molar-refractivity contribution in [2.45, 2.75) is 33.9 Å². The predicted molar refractivity (Wildman–Crippen MR) is 85.6 cm³/mol. The smallest absolute Gasteiger partial charge is 0.0665 e. The summed E-state index contributed by atoms with van der Waals surface area (Å²) >= 11 is 0. The summed E-state index contributed by atoms with van der Waals surface area (Å²) in [5.41, 5.74) is 6.26. The Morgan fingerprint density at radius 3 is 2.67 bits per heavy atom. The zero-order chi connectivity index (χ0) is 15.2. The molecule has 0 aliphatic heterocycles. The van der Waals surface area contributed by atoms with E-state index in [1.807, 2.05) is 0 Å². The van der Waals surface area contributed by atoms with E-state index in [0.717, 1.165) is 31.9 Å². The molecule has 2 rings (SSSR count). The summed E-state index contributed by atoms with van der Waals surface area (Å²) in [5.74, 6) is 0. The van der Waals surface area contributed by atoms with Crippen molar-refractivity contribution in [1.82, 2.24) is 15.1 Å². The molecule has 0 spiro atoms. The molecule has 1 N–H and O–H groups in total. The topological polar surface area (TPSA) is 39.1 Å². The number of benzene rings is 1. The molecule has 0 amide bonds. The van der Waals surface area contributed by atoms with E-state index in [4.69, 9.17) is 9.84 Å². The molecule has 0 radical (unpaired) electrons. The lowest BCUT2D eigenvalue weighted by Crippen LogP contribution is -2.19. The molecule has 21 heavy (non-hydrogen) atoms. The van der Waals surface area contributed by atoms with E-state index in [1.54, 1.807) is 7.11 Å². The van der Waals surface area contributed by atoms with E-state index in [0.29, 0.717) is 0 Å². The van der Waals surface area contributed by atoms with Crippen LogP contribution in [0.1, 0.15) is 28.1 Å². The monoisotopic (exact) mass is 287 g/mol. The third-order valence-electron chi connectivity index (χ3n) is 3.90. The minimum Gasteiger partial charge on any atom is -0.383 e. The van der Waals surface area contributed by atoms with Gasteiger partial charge in [-0.25, -0.2) is 0 Å². The van der Waals surface area contributed by atoms with Crippen molar-refractivity contribution in [2.75, 3.05) is 20.3 Å². The van der Waals surface area contributed by atoms with Gasteiger partial charge in [0.05, 0.1) is 18.8 Å². The van der Waals surface area contributed by atoms with Gasteiger partial charge < -0.3 is 10.1 Å². The summed E-state index contributed by atoms with van der Waals surface area (Å²) in [4.78, 5) is 0. The molecule has 0 unspecified atom stereocenters. The Hall–Kier alpha value is -1.65. The maximum absolute atomic E-state index is 5.05. The molecule has 0 fully saturated rings. The van der Waals surface area contributed by atoms with Crippen molar-refractivity contribution in [2.24, 2.45) is 0 Å². The Bertz CT molecular complexity index is 590. The van der Waals surface area contributed by atoms with Crippen LogP contribution in [0.15, 0.2) is 24.3 Å². The van der Waals surface area contributed by atoms with Gasteiger partial charge in [0.2, 0.25) is 0 Å². The second-order valence-corrected chi connectivity index (χ2v) is 5.40. The zero-order valence-corrected chi connectivity index (χ0v) is 13.4. The van der Waals surface area contributed by atoms with Crippen molar-refractivity contribution < 1.29 is 4.74 Å². The molecule has 2 aromatic rings. The molecule has 1 heterocycles. The Balaban J connectivity index is 2.10. The lowest BCUT2D eigenvalue weighted by molar-refractivity contribution is 0.199. The van der Waals surface area contributed by atoms with E-state index in [1.165, 1.54) is 22.4 Å². The second kappa shape index (κ2) is 7.38. The molecule has 4 heteroatoms. The molecule has 0 aliphatic carbocycles. The van der Waals surface area contributed by atoms with Crippen LogP contribution in [0.2, 0.25) is 0 Å². The molecule has 0 bridgehead atoms. The van der Waals surface area contributed by atoms with Gasteiger partial charge in [0, 0.05) is 31.5 Å². The van der Waals surface area contributed by atoms with E-state index >= 15 is 0 Å². The summed E-state index contributed by atoms with van der Waals surface area (Å²) in [7, 11) is 1.72. The van der Waals surface area contributed by atoms with Crippen molar-refractivity contribution in [3.05, 3.63) is 52.3 Å². The summed E-state index contributed by atoms with van der Waals surface area (Å²) in [6.45, 7) is 9.63. The standard InChI is InChI=1S/C17H25N3O/c1-13-7-5-6-8-16(13)12-20-15(3)17(14(2)19-20)11-18-9-10-21-4/h5-8,18H,9-12H2,1-4H3. The summed E-state index contributed by atoms with van der Waals surface area (Å²) < 4.78 is 7.16. The zero-order valence-electron chi connectivity index (χ0n) is 13.4. The fourth-order valence-electron chi connectivity index (χ4n) is 2.48. The lowest BCUT2D eigenvalue weighted by atomic mass is 10.1. The number of hydrogen-bond donors (Lipinski definition) is 1. The van der Waals surface area contributed by atoms with Crippen molar-refractivity contribution in [3.8, 4) is 0 Å². The molecular formula is C17H25N3O. The number of nitrogens with one attached hydrogen (secondary N) is 1. The van der Waals surface area contributed by atoms with Crippen LogP contribution in [0, 0.1) is 20.8 Å². The fourth-order valence-corrected chi connectivity index (χ4v) is 2.48. The van der Waals surface area contributed by atoms with E-state index in [9.17, 15) is 0 Å². The van der Waals surface area contributed by atoms with Crippen LogP contribution in [0.4, 0.5) is 0 Å². The van der Waals surface area contributed by atoms with Gasteiger partial charge in [-0.3, -0.25) is 4.68 Å². The minimum absolute atomic E-state index is 0.732. The number of rotatable bonds is 7. The Morgan fingerprint density at radius 2 is 1.95 bits per heavy atom. The van der Waals surface area contributed by atoms with Crippen LogP contribution in [-0.4, -0.2) is 30.0 Å². The quantitative estimate of drug-likeness (QED) is 0.796. The lowest BCUT2D eigenvalue weighted by Gasteiger charge is -2.09. The summed E-state index contributed by atoms with van der Waals surface area (Å²) in [5, 5.41) is 8.09. The number of aromatic nitrogens is 2. The molecule has 4 nitrogen and oxygen atoms in total. The van der Waals surface area contributed by atoms with Gasteiger partial charge in [-0.15, -0.1) is 0 Å². The normalized spacial score (nSPS) is 11.0. The van der Waals surface area contributed by atoms with Crippen LogP contribution in [0.3, 0.4) is 0 Å². The van der Waals surface area contributed by atoms with Crippen molar-refractivity contribution in [1.29, 1.82) is 0 Å². The molecule has 0 saturated carbocycles. The molecule has 0 atom stereocenters. The van der Waals surface area contributed by atoms with Crippen LogP contribution >= 0.6 is 0 Å². The highest BCUT2D eigenvalue weighted by Crippen LogP contribution is 2.16. The maximum Gasteiger partial charge on any atom is 0.0665 e. The average Bonchev–Trinajstić information content (AvgIpc) is 2.73. The predicted octanol–water partition coefficient (Wildman–Crippen LogP) is 2.59. The van der Waals surface area contributed by atoms with Gasteiger partial charge in [0.15, 0.2) is 0 Å². The first kappa shape index (κ1) is 15.7. The Kier molecular flexibility index (Phi) is 5.53. The number of aryl methyl sites for hydroxylation is 2. The number of ether oxygens (including phenoxy) is 1. The van der Waals surface area contributed by atoms with Crippen molar-refractivity contribution in [3.63, 3.8) is 0 Å². The highest BCUT2D eigenvalue weighted by molar-refractivity contribution is 5.29. The van der Waals surface area contributed by atoms with Crippen LogP contribution < -0.4 is 5.32 Å². The Morgan fingerprint density at radius 1 is 1.19 bits per heavy atom. The number of methoxy groups -OCH3 is 1. The van der Waals surface area contributed by atoms with Gasteiger partial charge in [-0.1, -0.05) is 24.3 Å². The summed E-state index contributed by atoms with van der Waals surface area (Å²) in [6.07, 6.45) is 0. The van der Waals surface area contributed by atoms with Gasteiger partial charge >= 0.3 is 0 Å². The fraction of sp³-hybridized carbons (Fsp3) is 0.471. The Labute approximate surface area is 127 Å². The van der Waals surface area contributed by atoms with Crippen LogP contribution in [0.25, 0.3) is 0 Å². The first-order valence-electron chi connectivity index (χ1n) is 7.40. The number of nitrogens with zero attached hydrogens (tertiary/aromatic N) is 2. The highest BCUT2D eigenvalue weighted by atomic mass is 16.5. The van der Waals surface area contributed by atoms with Gasteiger partial charge in [0.1, 0.15) is 0 Å². The minimum atomic E-state index is 0.732. The SMILES string of the molecule is COCCNCc1c(C)nn(Cc2ccccc2C)c1C. The van der Waals surface area contributed by atoms with Gasteiger partial charge in [-0.2, -0.15) is 5.10 Å². The molecule has 1 aromatic heterocycles. The first-order valence-corrected chi connectivity index (χ1v) is 7.40. The third kappa shape index (κ3) is 3.93. The van der Waals surface area contributed by atoms with Gasteiger partial charge in [0.25, 0.3) is 0 Å². The van der Waals surface area contributed by atoms with E-state index < -0.39 is 0 Å². The molecule has 114 valence electrons. The maximum atomic E-state index is 5.05. The van der Waals surface area contributed by atoms with Crippen LogP contribution in [-0.2, 0) is 17.8 Å². The highest BCUT2D eigenvalue weighted by Gasteiger charge is 2.11. The average molecular weight is 287 g/mol.